The Morgan fingerprint density at radius 2 is 1.88 bits per heavy atom. The Bertz CT molecular complexity index is 679. The van der Waals surface area contributed by atoms with Crippen molar-refractivity contribution < 1.29 is 14.6 Å². The maximum absolute atomic E-state index is 10.8. The first-order valence-electron chi connectivity index (χ1n) is 8.87. The summed E-state index contributed by atoms with van der Waals surface area (Å²) in [4.78, 5) is 12.7. The van der Waals surface area contributed by atoms with Crippen LogP contribution in [0.15, 0.2) is 41.9 Å². The zero-order chi connectivity index (χ0) is 19.9. The van der Waals surface area contributed by atoms with Crippen molar-refractivity contribution in [2.75, 3.05) is 18.1 Å². The number of benzene rings is 1. The summed E-state index contributed by atoms with van der Waals surface area (Å²) in [6.07, 6.45) is 2.79. The second kappa shape index (κ2) is 9.75. The molecular weight excluding hydrogens is 330 g/mol. The van der Waals surface area contributed by atoms with Crippen molar-refractivity contribution in [2.45, 2.75) is 40.5 Å². The van der Waals surface area contributed by atoms with Crippen molar-refractivity contribution in [3.63, 3.8) is 0 Å². The first-order valence-corrected chi connectivity index (χ1v) is 8.87. The van der Waals surface area contributed by atoms with Gasteiger partial charge in [0.05, 0.1) is 6.61 Å². The summed E-state index contributed by atoms with van der Waals surface area (Å²) < 4.78 is 6.01. The monoisotopic (exact) mass is 361 g/mol. The van der Waals surface area contributed by atoms with Crippen LogP contribution in [0.2, 0.25) is 0 Å². The van der Waals surface area contributed by atoms with Gasteiger partial charge in [-0.25, -0.2) is 4.79 Å². The van der Waals surface area contributed by atoms with E-state index in [4.69, 9.17) is 21.3 Å². The molecular formula is C20H31N3O3. The van der Waals surface area contributed by atoms with E-state index in [1.807, 2.05) is 30.0 Å². The quantitative estimate of drug-likeness (QED) is 0.460. The van der Waals surface area contributed by atoms with E-state index in [1.165, 1.54) is 12.2 Å². The van der Waals surface area contributed by atoms with Crippen LogP contribution >= 0.6 is 0 Å². The summed E-state index contributed by atoms with van der Waals surface area (Å²) in [6, 6.07) is 6.02. The van der Waals surface area contributed by atoms with E-state index in [1.54, 1.807) is 0 Å². The SMILES string of the molecule is CCN(/C(N)=C/C=C(\N)C(=O)O)c1ccc(C(C)C)c(OCC(C)C)c1. The van der Waals surface area contributed by atoms with Gasteiger partial charge in [-0.2, -0.15) is 0 Å². The van der Waals surface area contributed by atoms with Crippen LogP contribution in [0.4, 0.5) is 5.69 Å². The third kappa shape index (κ3) is 6.02. The zero-order valence-electron chi connectivity index (χ0n) is 16.3. The summed E-state index contributed by atoms with van der Waals surface area (Å²) in [7, 11) is 0. The lowest BCUT2D eigenvalue weighted by molar-refractivity contribution is -0.132. The molecule has 1 aromatic rings. The molecule has 0 unspecified atom stereocenters. The summed E-state index contributed by atoms with van der Waals surface area (Å²) in [5.74, 6) is 0.840. The number of nitrogens with two attached hydrogens (primary N) is 2. The lowest BCUT2D eigenvalue weighted by Crippen LogP contribution is -2.27. The first-order chi connectivity index (χ1) is 12.2. The molecule has 0 spiro atoms. The molecule has 1 aromatic carbocycles. The number of carboxylic acid groups (broad SMARTS) is 1. The molecule has 0 aromatic heterocycles. The minimum atomic E-state index is -1.18. The molecule has 0 aliphatic rings. The number of nitrogens with zero attached hydrogens (tertiary/aromatic N) is 1. The summed E-state index contributed by atoms with van der Waals surface area (Å²) in [5, 5.41) is 8.84. The normalized spacial score (nSPS) is 12.6. The van der Waals surface area contributed by atoms with E-state index in [2.05, 4.69) is 27.7 Å². The predicted molar refractivity (Wildman–Crippen MR) is 106 cm³/mol. The summed E-state index contributed by atoms with van der Waals surface area (Å²) in [6.45, 7) is 11.7. The summed E-state index contributed by atoms with van der Waals surface area (Å²) >= 11 is 0. The molecule has 6 nitrogen and oxygen atoms in total. The molecule has 0 saturated carbocycles. The van der Waals surface area contributed by atoms with Crippen molar-refractivity contribution in [1.29, 1.82) is 0 Å². The highest BCUT2D eigenvalue weighted by Gasteiger charge is 2.14. The number of allylic oxidation sites excluding steroid dienone is 2. The van der Waals surface area contributed by atoms with E-state index >= 15 is 0 Å². The highest BCUT2D eigenvalue weighted by molar-refractivity contribution is 5.85. The molecule has 144 valence electrons. The molecule has 0 heterocycles. The van der Waals surface area contributed by atoms with Crippen LogP contribution in [0.3, 0.4) is 0 Å². The van der Waals surface area contributed by atoms with Gasteiger partial charge in [-0.15, -0.1) is 0 Å². The minimum absolute atomic E-state index is 0.264. The van der Waals surface area contributed by atoms with Crippen LogP contribution < -0.4 is 21.1 Å². The first kappa shape index (κ1) is 21.4. The average molecular weight is 361 g/mol. The molecule has 0 radical (unpaired) electrons. The Hall–Kier alpha value is -2.63. The molecule has 0 saturated heterocycles. The van der Waals surface area contributed by atoms with Gasteiger partial charge < -0.3 is 26.2 Å². The van der Waals surface area contributed by atoms with Crippen LogP contribution in [0.1, 0.15) is 46.1 Å². The lowest BCUT2D eigenvalue weighted by atomic mass is 10.0. The summed E-state index contributed by atoms with van der Waals surface area (Å²) in [5.41, 5.74) is 13.3. The fraction of sp³-hybridized carbons (Fsp3) is 0.450. The molecule has 26 heavy (non-hydrogen) atoms. The molecule has 0 amide bonds. The topological polar surface area (TPSA) is 102 Å². The van der Waals surface area contributed by atoms with Crippen molar-refractivity contribution >= 4 is 11.7 Å². The number of aliphatic carboxylic acids is 1. The van der Waals surface area contributed by atoms with E-state index in [0.717, 1.165) is 17.0 Å². The van der Waals surface area contributed by atoms with Crippen molar-refractivity contribution in [3.8, 4) is 5.75 Å². The van der Waals surface area contributed by atoms with E-state index in [-0.39, 0.29) is 5.70 Å². The molecule has 0 fully saturated rings. The number of rotatable bonds is 9. The molecule has 5 N–H and O–H groups in total. The lowest BCUT2D eigenvalue weighted by Gasteiger charge is -2.25. The molecule has 1 rings (SSSR count). The maximum atomic E-state index is 10.8. The number of ether oxygens (including phenoxy) is 1. The van der Waals surface area contributed by atoms with Crippen LogP contribution in [-0.2, 0) is 4.79 Å². The Morgan fingerprint density at radius 1 is 1.23 bits per heavy atom. The zero-order valence-corrected chi connectivity index (χ0v) is 16.3. The van der Waals surface area contributed by atoms with Crippen molar-refractivity contribution in [1.82, 2.24) is 0 Å². The molecule has 0 bridgehead atoms. The van der Waals surface area contributed by atoms with E-state index in [0.29, 0.717) is 30.8 Å². The van der Waals surface area contributed by atoms with Crippen LogP contribution in [-0.4, -0.2) is 24.2 Å². The number of anilines is 1. The highest BCUT2D eigenvalue weighted by Crippen LogP contribution is 2.32. The molecule has 6 heteroatoms. The predicted octanol–water partition coefficient (Wildman–Crippen LogP) is 3.40. The fourth-order valence-electron chi connectivity index (χ4n) is 2.40. The van der Waals surface area contributed by atoms with Gasteiger partial charge in [-0.3, -0.25) is 0 Å². The van der Waals surface area contributed by atoms with Gasteiger partial charge in [0.2, 0.25) is 0 Å². The number of carbonyl (C=O) groups is 1. The number of hydrogen-bond donors (Lipinski definition) is 3. The van der Waals surface area contributed by atoms with Crippen molar-refractivity contribution in [2.24, 2.45) is 17.4 Å². The Morgan fingerprint density at radius 3 is 2.38 bits per heavy atom. The van der Waals surface area contributed by atoms with Crippen LogP contribution in [0.5, 0.6) is 5.75 Å². The second-order valence-corrected chi connectivity index (χ2v) is 6.84. The largest absolute Gasteiger partial charge is 0.493 e. The number of hydrogen-bond acceptors (Lipinski definition) is 5. The van der Waals surface area contributed by atoms with Gasteiger partial charge in [-0.1, -0.05) is 33.8 Å². The Labute approximate surface area is 156 Å². The van der Waals surface area contributed by atoms with Gasteiger partial charge in [0.25, 0.3) is 0 Å². The Kier molecular flexibility index (Phi) is 8.03. The van der Waals surface area contributed by atoms with Gasteiger partial charge in [0.15, 0.2) is 0 Å². The van der Waals surface area contributed by atoms with E-state index < -0.39 is 5.97 Å². The van der Waals surface area contributed by atoms with Gasteiger partial charge in [0.1, 0.15) is 17.3 Å². The van der Waals surface area contributed by atoms with Gasteiger partial charge >= 0.3 is 5.97 Å². The minimum Gasteiger partial charge on any atom is -0.493 e. The smallest absolute Gasteiger partial charge is 0.351 e. The van der Waals surface area contributed by atoms with Gasteiger partial charge in [-0.05, 0) is 42.5 Å². The van der Waals surface area contributed by atoms with Crippen LogP contribution in [0.25, 0.3) is 0 Å². The maximum Gasteiger partial charge on any atom is 0.351 e. The molecule has 0 aliphatic heterocycles. The second-order valence-electron chi connectivity index (χ2n) is 6.84. The van der Waals surface area contributed by atoms with Gasteiger partial charge in [0, 0.05) is 18.3 Å². The Balaban J connectivity index is 3.21. The number of carboxylic acids is 1. The molecule has 0 aliphatic carbocycles. The van der Waals surface area contributed by atoms with Crippen LogP contribution in [0, 0.1) is 5.92 Å². The average Bonchev–Trinajstić information content (AvgIpc) is 2.58. The highest BCUT2D eigenvalue weighted by atomic mass is 16.5. The third-order valence-corrected chi connectivity index (χ3v) is 3.81. The molecule has 0 atom stereocenters. The van der Waals surface area contributed by atoms with E-state index in [9.17, 15) is 4.79 Å². The van der Waals surface area contributed by atoms with Crippen molar-refractivity contribution in [3.05, 3.63) is 47.4 Å². The fourth-order valence-corrected chi connectivity index (χ4v) is 2.40. The third-order valence-electron chi connectivity index (χ3n) is 3.81. The standard InChI is InChI=1S/C20H31N3O3/c1-6-23(19(22)10-9-17(21)20(24)25)15-7-8-16(14(4)5)18(11-15)26-12-13(2)3/h7-11,13-14H,6,12,21-22H2,1-5H3,(H,24,25)/b17-9-,19-10+.